The lowest BCUT2D eigenvalue weighted by Gasteiger charge is -2.34. The Labute approximate surface area is 278 Å². The first-order valence-electron chi connectivity index (χ1n) is 16.3. The van der Waals surface area contributed by atoms with Crippen LogP contribution in [0.3, 0.4) is 0 Å². The molecule has 0 heterocycles. The summed E-state index contributed by atoms with van der Waals surface area (Å²) in [5.41, 5.74) is 23.6. The molecule has 0 aromatic heterocycles. The highest BCUT2D eigenvalue weighted by Crippen LogP contribution is 2.33. The Morgan fingerprint density at radius 2 is 1.38 bits per heavy atom. The fourth-order valence-corrected chi connectivity index (χ4v) is 6.26. The van der Waals surface area contributed by atoms with Crippen LogP contribution in [0.1, 0.15) is 88.2 Å². The van der Waals surface area contributed by atoms with Crippen LogP contribution in [0.15, 0.2) is 29.3 Å². The van der Waals surface area contributed by atoms with Gasteiger partial charge in [0, 0.05) is 18.0 Å². The van der Waals surface area contributed by atoms with E-state index in [1.54, 1.807) is 0 Å². The van der Waals surface area contributed by atoms with Crippen LogP contribution < -0.4 is 33.6 Å². The Morgan fingerprint density at radius 1 is 0.854 bits per heavy atom. The Kier molecular flexibility index (Phi) is 16.1. The molecule has 12 N–H and O–H groups in total. The van der Waals surface area contributed by atoms with Gasteiger partial charge in [0.05, 0.1) is 0 Å². The van der Waals surface area contributed by atoms with Crippen LogP contribution in [0.4, 0.5) is 13.2 Å². The summed E-state index contributed by atoms with van der Waals surface area (Å²) < 4.78 is 31.7. The number of carbonyl (C=O) groups excluding carboxylic acids is 3. The molecule has 0 saturated heterocycles. The number of benzene rings is 1. The highest BCUT2D eigenvalue weighted by Gasteiger charge is 2.38. The second-order valence-corrected chi connectivity index (χ2v) is 12.4. The molecule has 48 heavy (non-hydrogen) atoms. The Hall–Kier alpha value is -4.37. The summed E-state index contributed by atoms with van der Waals surface area (Å²) >= 11 is 0. The number of nitrogen functional groups attached to an aromatic ring is 1. The molecule has 1 aromatic carbocycles. The third-order valence-electron chi connectivity index (χ3n) is 8.83. The minimum absolute atomic E-state index is 0.00460. The predicted molar refractivity (Wildman–Crippen MR) is 174 cm³/mol. The van der Waals surface area contributed by atoms with Crippen molar-refractivity contribution < 1.29 is 37.5 Å². The second kappa shape index (κ2) is 19.5. The topological polar surface area (TPSA) is 253 Å². The number of nitrogens with two attached hydrogens (primary N) is 4. The summed E-state index contributed by atoms with van der Waals surface area (Å²) in [5.74, 6) is -3.99. The third kappa shape index (κ3) is 13.8. The van der Waals surface area contributed by atoms with Crippen molar-refractivity contribution in [2.75, 3.05) is 6.54 Å². The van der Waals surface area contributed by atoms with Crippen molar-refractivity contribution in [2.45, 2.75) is 102 Å². The number of nitrogens with one attached hydrogen (secondary N) is 3. The Bertz CT molecular complexity index is 1260. The monoisotopic (exact) mass is 682 g/mol. The van der Waals surface area contributed by atoms with Crippen LogP contribution in [-0.4, -0.2) is 65.4 Å². The Balaban J connectivity index is 0.00000103. The van der Waals surface area contributed by atoms with E-state index >= 15 is 0 Å². The lowest BCUT2D eigenvalue weighted by molar-refractivity contribution is -0.192. The van der Waals surface area contributed by atoms with Crippen molar-refractivity contribution in [3.05, 3.63) is 35.4 Å². The number of aliphatic carboxylic acids is 1. The van der Waals surface area contributed by atoms with E-state index in [1.165, 1.54) is 6.42 Å². The van der Waals surface area contributed by atoms with Gasteiger partial charge in [-0.1, -0.05) is 62.8 Å². The van der Waals surface area contributed by atoms with E-state index in [1.807, 2.05) is 24.3 Å². The van der Waals surface area contributed by atoms with Crippen molar-refractivity contribution in [3.63, 3.8) is 0 Å². The SMILES string of the molecule is N=C(N)c1ccc(CC(C(=O)N[C@H](C(=O)N[C@@H](CCCN=C(N)N)C(N)=O)C2CCCCC2)C2CCCCC2)cc1.O=C(O)C(F)(F)F. The van der Waals surface area contributed by atoms with E-state index in [9.17, 15) is 27.6 Å². The fourth-order valence-electron chi connectivity index (χ4n) is 6.26. The molecule has 3 rings (SSSR count). The molecule has 13 nitrogen and oxygen atoms in total. The molecule has 0 aliphatic heterocycles. The number of amides is 3. The molecule has 1 aromatic rings. The minimum Gasteiger partial charge on any atom is -0.475 e. The molecule has 2 aliphatic rings. The van der Waals surface area contributed by atoms with Gasteiger partial charge in [0.25, 0.3) is 0 Å². The van der Waals surface area contributed by atoms with Gasteiger partial charge in [-0.25, -0.2) is 4.79 Å². The van der Waals surface area contributed by atoms with Gasteiger partial charge in [-0.2, -0.15) is 13.2 Å². The van der Waals surface area contributed by atoms with Crippen molar-refractivity contribution >= 4 is 35.5 Å². The van der Waals surface area contributed by atoms with Gasteiger partial charge in [-0.3, -0.25) is 24.8 Å². The summed E-state index contributed by atoms with van der Waals surface area (Å²) in [7, 11) is 0. The quantitative estimate of drug-likeness (QED) is 0.0820. The number of primary amides is 1. The maximum atomic E-state index is 14.0. The normalized spacial score (nSPS) is 17.4. The van der Waals surface area contributed by atoms with Crippen LogP contribution in [0.25, 0.3) is 0 Å². The molecule has 2 saturated carbocycles. The summed E-state index contributed by atoms with van der Waals surface area (Å²) in [5, 5.41) is 20.8. The molecule has 3 amide bonds. The number of amidine groups is 1. The predicted octanol–water partition coefficient (Wildman–Crippen LogP) is 2.43. The zero-order chi connectivity index (χ0) is 35.9. The maximum absolute atomic E-state index is 14.0. The largest absolute Gasteiger partial charge is 0.490 e. The smallest absolute Gasteiger partial charge is 0.475 e. The van der Waals surface area contributed by atoms with E-state index in [0.29, 0.717) is 31.4 Å². The first-order chi connectivity index (χ1) is 22.6. The van der Waals surface area contributed by atoms with Crippen molar-refractivity contribution in [1.29, 1.82) is 5.41 Å². The van der Waals surface area contributed by atoms with Gasteiger partial charge >= 0.3 is 12.1 Å². The maximum Gasteiger partial charge on any atom is 0.490 e. The molecule has 2 fully saturated rings. The number of hydrogen-bond donors (Lipinski definition) is 8. The van der Waals surface area contributed by atoms with Crippen LogP contribution in [-0.2, 0) is 25.6 Å². The van der Waals surface area contributed by atoms with E-state index in [2.05, 4.69) is 15.6 Å². The first-order valence-corrected chi connectivity index (χ1v) is 16.3. The average Bonchev–Trinajstić information content (AvgIpc) is 3.04. The third-order valence-corrected chi connectivity index (χ3v) is 8.83. The summed E-state index contributed by atoms with van der Waals surface area (Å²) in [6, 6.07) is 5.84. The zero-order valence-corrected chi connectivity index (χ0v) is 27.1. The zero-order valence-electron chi connectivity index (χ0n) is 27.1. The average molecular weight is 683 g/mol. The molecular weight excluding hydrogens is 633 g/mol. The molecule has 0 radical (unpaired) electrons. The van der Waals surface area contributed by atoms with Crippen molar-refractivity contribution in [2.24, 2.45) is 45.7 Å². The molecular formula is C32H49F3N8O5. The van der Waals surface area contributed by atoms with Crippen LogP contribution in [0, 0.1) is 23.2 Å². The standard InChI is InChI=1S/C30H48N8O3.C2HF3O2/c31-26(32)22-15-13-19(14-16-22)18-23(20-8-3-1-4-9-20)28(40)38-25(21-10-5-2-6-11-21)29(41)37-24(27(33)39)12-7-17-36-30(34)35;3-2(4,5)1(6)7/h13-16,20-21,23-25H,1-12,17-18H2,(H3,31,32)(H2,33,39)(H,37,41)(H,38,40)(H4,34,35,36);(H,6,7)/t23?,24-,25-;/m0./s1. The van der Waals surface area contributed by atoms with Gasteiger partial charge in [0.2, 0.25) is 17.7 Å². The van der Waals surface area contributed by atoms with E-state index in [4.69, 9.17) is 38.2 Å². The second-order valence-electron chi connectivity index (χ2n) is 12.4. The lowest BCUT2D eigenvalue weighted by atomic mass is 9.76. The van der Waals surface area contributed by atoms with Crippen LogP contribution in [0.5, 0.6) is 0 Å². The molecule has 0 spiro atoms. The van der Waals surface area contributed by atoms with Gasteiger partial charge in [-0.15, -0.1) is 0 Å². The number of alkyl halides is 3. The van der Waals surface area contributed by atoms with Gasteiger partial charge in [-0.05, 0) is 62.3 Å². The number of carbonyl (C=O) groups is 4. The Morgan fingerprint density at radius 3 is 1.83 bits per heavy atom. The molecule has 1 unspecified atom stereocenters. The number of carboxylic acid groups (broad SMARTS) is 1. The number of halogens is 3. The van der Waals surface area contributed by atoms with E-state index in [-0.39, 0.29) is 41.4 Å². The first kappa shape index (κ1) is 39.8. The molecule has 16 heteroatoms. The fraction of sp³-hybridized carbons (Fsp3) is 0.625. The summed E-state index contributed by atoms with van der Waals surface area (Å²) in [6.45, 7) is 0.321. The van der Waals surface area contributed by atoms with Crippen LogP contribution >= 0.6 is 0 Å². The number of nitrogens with zero attached hydrogens (tertiary/aromatic N) is 1. The number of carboxylic acids is 1. The molecule has 0 bridgehead atoms. The minimum atomic E-state index is -5.08. The van der Waals surface area contributed by atoms with Crippen molar-refractivity contribution in [3.8, 4) is 0 Å². The molecule has 3 atom stereocenters. The van der Waals surface area contributed by atoms with Gasteiger partial charge < -0.3 is 38.7 Å². The number of guanidine groups is 1. The number of hydrogen-bond acceptors (Lipinski definition) is 6. The van der Waals surface area contributed by atoms with E-state index in [0.717, 1.165) is 63.4 Å². The number of aliphatic imine (C=N–C) groups is 1. The molecule has 268 valence electrons. The van der Waals surface area contributed by atoms with E-state index < -0.39 is 30.1 Å². The highest BCUT2D eigenvalue weighted by molar-refractivity contribution is 5.95. The highest BCUT2D eigenvalue weighted by atomic mass is 19.4. The summed E-state index contributed by atoms with van der Waals surface area (Å²) in [6.07, 6.45) is 6.30. The molecule has 2 aliphatic carbocycles. The van der Waals surface area contributed by atoms with Gasteiger partial charge in [0.15, 0.2) is 5.96 Å². The summed E-state index contributed by atoms with van der Waals surface area (Å²) in [4.78, 5) is 52.7. The van der Waals surface area contributed by atoms with Crippen LogP contribution in [0.2, 0.25) is 0 Å². The van der Waals surface area contributed by atoms with Crippen molar-refractivity contribution in [1.82, 2.24) is 10.6 Å². The lowest BCUT2D eigenvalue weighted by Crippen LogP contribution is -2.57. The van der Waals surface area contributed by atoms with Gasteiger partial charge in [0.1, 0.15) is 17.9 Å². The number of rotatable bonds is 14.